The van der Waals surface area contributed by atoms with Gasteiger partial charge in [-0.15, -0.1) is 0 Å². The first-order valence-corrected chi connectivity index (χ1v) is 9.85. The van der Waals surface area contributed by atoms with Crippen LogP contribution in [0.15, 0.2) is 60.7 Å². The molecule has 2 bridgehead atoms. The molecule has 2 saturated heterocycles. The highest BCUT2D eigenvalue weighted by Gasteiger charge is 2.51. The van der Waals surface area contributed by atoms with Gasteiger partial charge >= 0.3 is 11.9 Å². The van der Waals surface area contributed by atoms with E-state index in [1.54, 1.807) is 53.4 Å². The third-order valence-corrected chi connectivity index (χ3v) is 5.68. The molecule has 2 aliphatic heterocycles. The number of benzene rings is 2. The molecule has 4 rings (SSSR count). The van der Waals surface area contributed by atoms with Crippen LogP contribution >= 0.6 is 0 Å². The first-order valence-electron chi connectivity index (χ1n) is 9.85. The predicted octanol–water partition coefficient (Wildman–Crippen LogP) is 3.22. The topological polar surface area (TPSA) is 72.9 Å². The number of piperidine rings is 1. The molecule has 1 amide bonds. The Morgan fingerprint density at radius 3 is 1.93 bits per heavy atom. The molecule has 0 spiro atoms. The van der Waals surface area contributed by atoms with Crippen molar-refractivity contribution in [3.8, 4) is 0 Å². The SMILES string of the molecule is CC(=O)N1[C@@H]2CC[C@H]1[C@@H](OC(=O)c1ccccc1)[C@H](OC(=O)c1ccccc1)C2. The lowest BCUT2D eigenvalue weighted by Crippen LogP contribution is -2.58. The van der Waals surface area contributed by atoms with Gasteiger partial charge in [0, 0.05) is 19.4 Å². The summed E-state index contributed by atoms with van der Waals surface area (Å²) >= 11 is 0. The first kappa shape index (κ1) is 19.2. The predicted molar refractivity (Wildman–Crippen MR) is 105 cm³/mol. The Kier molecular flexibility index (Phi) is 5.34. The van der Waals surface area contributed by atoms with Crippen LogP contribution < -0.4 is 0 Å². The molecule has 4 atom stereocenters. The Balaban J connectivity index is 1.58. The van der Waals surface area contributed by atoms with Crippen LogP contribution in [0, 0.1) is 0 Å². The maximum absolute atomic E-state index is 12.7. The normalized spacial score (nSPS) is 25.3. The quantitative estimate of drug-likeness (QED) is 0.746. The van der Waals surface area contributed by atoms with Crippen LogP contribution in [-0.4, -0.2) is 47.0 Å². The molecule has 0 saturated carbocycles. The van der Waals surface area contributed by atoms with E-state index in [0.29, 0.717) is 17.5 Å². The van der Waals surface area contributed by atoms with Crippen molar-refractivity contribution >= 4 is 17.8 Å². The highest BCUT2D eigenvalue weighted by Crippen LogP contribution is 2.39. The maximum atomic E-state index is 12.7. The minimum absolute atomic E-state index is 0.00208. The van der Waals surface area contributed by atoms with E-state index in [9.17, 15) is 14.4 Å². The molecule has 0 N–H and O–H groups in total. The van der Waals surface area contributed by atoms with Crippen LogP contribution in [0.25, 0.3) is 0 Å². The Morgan fingerprint density at radius 2 is 1.38 bits per heavy atom. The largest absolute Gasteiger partial charge is 0.455 e. The van der Waals surface area contributed by atoms with Gasteiger partial charge in [-0.3, -0.25) is 4.79 Å². The van der Waals surface area contributed by atoms with Crippen LogP contribution in [0.4, 0.5) is 0 Å². The van der Waals surface area contributed by atoms with Gasteiger partial charge in [-0.05, 0) is 37.1 Å². The number of hydrogen-bond acceptors (Lipinski definition) is 5. The Bertz CT molecular complexity index is 898. The second kappa shape index (κ2) is 8.07. The smallest absolute Gasteiger partial charge is 0.338 e. The number of esters is 2. The molecule has 0 unspecified atom stereocenters. The fraction of sp³-hybridized carbons (Fsp3) is 0.348. The van der Waals surface area contributed by atoms with Gasteiger partial charge in [0.25, 0.3) is 0 Å². The number of fused-ring (bicyclic) bond motifs is 2. The zero-order chi connectivity index (χ0) is 20.4. The van der Waals surface area contributed by atoms with Crippen LogP contribution in [0.3, 0.4) is 0 Å². The van der Waals surface area contributed by atoms with Crippen molar-refractivity contribution in [1.82, 2.24) is 4.90 Å². The summed E-state index contributed by atoms with van der Waals surface area (Å²) < 4.78 is 11.6. The zero-order valence-electron chi connectivity index (χ0n) is 16.2. The average Bonchev–Trinajstić information content (AvgIpc) is 3.08. The monoisotopic (exact) mass is 393 g/mol. The summed E-state index contributed by atoms with van der Waals surface area (Å²) in [5.74, 6) is -0.983. The summed E-state index contributed by atoms with van der Waals surface area (Å²) in [7, 11) is 0. The summed E-state index contributed by atoms with van der Waals surface area (Å²) in [6.07, 6.45) is 0.697. The van der Waals surface area contributed by atoms with Gasteiger partial charge in [0.2, 0.25) is 5.91 Å². The van der Waals surface area contributed by atoms with E-state index in [1.165, 1.54) is 6.92 Å². The third kappa shape index (κ3) is 3.88. The van der Waals surface area contributed by atoms with E-state index < -0.39 is 24.1 Å². The van der Waals surface area contributed by atoms with Crippen molar-refractivity contribution < 1.29 is 23.9 Å². The van der Waals surface area contributed by atoms with Crippen molar-refractivity contribution in [1.29, 1.82) is 0 Å². The van der Waals surface area contributed by atoms with E-state index in [1.807, 2.05) is 12.1 Å². The van der Waals surface area contributed by atoms with Gasteiger partial charge < -0.3 is 14.4 Å². The Morgan fingerprint density at radius 1 is 0.828 bits per heavy atom. The van der Waals surface area contributed by atoms with Crippen molar-refractivity contribution in [3.05, 3.63) is 71.8 Å². The highest BCUT2D eigenvalue weighted by molar-refractivity contribution is 5.90. The van der Waals surface area contributed by atoms with Gasteiger partial charge in [-0.2, -0.15) is 0 Å². The average molecular weight is 393 g/mol. The number of carbonyl (C=O) groups excluding carboxylic acids is 3. The molecule has 6 nitrogen and oxygen atoms in total. The number of carbonyl (C=O) groups is 3. The molecular weight excluding hydrogens is 370 g/mol. The fourth-order valence-electron chi connectivity index (χ4n) is 4.42. The standard InChI is InChI=1S/C23H23NO5/c1-15(25)24-18-12-13-19(24)21(29-23(27)17-10-6-3-7-11-17)20(14-18)28-22(26)16-8-4-2-5-9-16/h2-11,18-21H,12-14H2,1H3/t18-,19+,20-,21-/m1/s1. The lowest BCUT2D eigenvalue weighted by Gasteiger charge is -2.43. The van der Waals surface area contributed by atoms with Crippen molar-refractivity contribution in [2.24, 2.45) is 0 Å². The second-order valence-corrected chi connectivity index (χ2v) is 7.51. The summed E-state index contributed by atoms with van der Waals surface area (Å²) in [5.41, 5.74) is 0.872. The number of rotatable bonds is 4. The molecule has 0 radical (unpaired) electrons. The van der Waals surface area contributed by atoms with Crippen molar-refractivity contribution in [2.45, 2.75) is 50.5 Å². The summed E-state index contributed by atoms with van der Waals surface area (Å²) in [5, 5.41) is 0. The third-order valence-electron chi connectivity index (χ3n) is 5.68. The Labute approximate surface area is 169 Å². The maximum Gasteiger partial charge on any atom is 0.338 e. The van der Waals surface area contributed by atoms with Crippen LogP contribution in [0.5, 0.6) is 0 Å². The summed E-state index contributed by atoms with van der Waals surface area (Å²) in [4.78, 5) is 39.3. The highest BCUT2D eigenvalue weighted by atomic mass is 16.6. The number of hydrogen-bond donors (Lipinski definition) is 0. The number of nitrogens with zero attached hydrogens (tertiary/aromatic N) is 1. The molecular formula is C23H23NO5. The molecule has 0 aliphatic carbocycles. The molecule has 2 aromatic carbocycles. The molecule has 6 heteroatoms. The lowest BCUT2D eigenvalue weighted by atomic mass is 9.96. The molecule has 2 aromatic rings. The molecule has 0 aromatic heterocycles. The van der Waals surface area contributed by atoms with E-state index in [4.69, 9.17) is 9.47 Å². The van der Waals surface area contributed by atoms with Gasteiger partial charge in [0.1, 0.15) is 6.10 Å². The summed E-state index contributed by atoms with van der Waals surface area (Å²) in [6, 6.07) is 17.2. The van der Waals surface area contributed by atoms with E-state index in [-0.39, 0.29) is 18.0 Å². The van der Waals surface area contributed by atoms with E-state index in [0.717, 1.165) is 12.8 Å². The minimum atomic E-state index is -0.696. The minimum Gasteiger partial charge on any atom is -0.455 e. The van der Waals surface area contributed by atoms with E-state index in [2.05, 4.69) is 0 Å². The van der Waals surface area contributed by atoms with Crippen LogP contribution in [-0.2, 0) is 14.3 Å². The fourth-order valence-corrected chi connectivity index (χ4v) is 4.42. The first-order chi connectivity index (χ1) is 14.0. The number of ether oxygens (including phenoxy) is 2. The molecule has 2 heterocycles. The molecule has 2 fully saturated rings. The molecule has 150 valence electrons. The zero-order valence-corrected chi connectivity index (χ0v) is 16.2. The summed E-state index contributed by atoms with van der Waals surface area (Å²) in [6.45, 7) is 1.53. The van der Waals surface area contributed by atoms with Gasteiger partial charge in [0.05, 0.1) is 17.2 Å². The number of amides is 1. The van der Waals surface area contributed by atoms with Gasteiger partial charge in [-0.25, -0.2) is 9.59 Å². The van der Waals surface area contributed by atoms with Crippen molar-refractivity contribution in [3.63, 3.8) is 0 Å². The van der Waals surface area contributed by atoms with Gasteiger partial charge in [0.15, 0.2) is 6.10 Å². The van der Waals surface area contributed by atoms with Crippen molar-refractivity contribution in [2.75, 3.05) is 0 Å². The van der Waals surface area contributed by atoms with E-state index >= 15 is 0 Å². The van der Waals surface area contributed by atoms with Crippen LogP contribution in [0.1, 0.15) is 46.9 Å². The lowest BCUT2D eigenvalue weighted by molar-refractivity contribution is -0.144. The Hall–Kier alpha value is -3.15. The van der Waals surface area contributed by atoms with Crippen LogP contribution in [0.2, 0.25) is 0 Å². The molecule has 2 aliphatic rings. The molecule has 29 heavy (non-hydrogen) atoms. The van der Waals surface area contributed by atoms with Gasteiger partial charge in [-0.1, -0.05) is 36.4 Å². The second-order valence-electron chi connectivity index (χ2n) is 7.51.